The average molecular weight is 281 g/mol. The molecule has 1 aliphatic heterocycles. The predicted octanol–water partition coefficient (Wildman–Crippen LogP) is -0.278. The van der Waals surface area contributed by atoms with Crippen LogP contribution in [0.2, 0.25) is 0 Å². The molecule has 2 fully saturated rings. The number of nitrogens with one attached hydrogen (secondary N) is 2. The van der Waals surface area contributed by atoms with Gasteiger partial charge in [0.25, 0.3) is 0 Å². The third kappa shape index (κ3) is 3.85. The molecule has 20 heavy (non-hydrogen) atoms. The lowest BCUT2D eigenvalue weighted by atomic mass is 10.1. The van der Waals surface area contributed by atoms with Gasteiger partial charge in [-0.1, -0.05) is 6.92 Å². The van der Waals surface area contributed by atoms with E-state index in [1.807, 2.05) is 0 Å². The van der Waals surface area contributed by atoms with Gasteiger partial charge in [-0.3, -0.25) is 14.7 Å². The Morgan fingerprint density at radius 3 is 2.60 bits per heavy atom. The summed E-state index contributed by atoms with van der Waals surface area (Å²) in [5, 5.41) is 6.54. The van der Waals surface area contributed by atoms with Gasteiger partial charge in [-0.15, -0.1) is 0 Å². The SMILES string of the molecule is CN=C(NCC(=O)N(C)C)NC1CN(C2CC2)CC1C. The van der Waals surface area contributed by atoms with Crippen LogP contribution in [-0.4, -0.2) is 74.5 Å². The van der Waals surface area contributed by atoms with Crippen LogP contribution in [0.1, 0.15) is 19.8 Å². The molecule has 1 amide bonds. The smallest absolute Gasteiger partial charge is 0.241 e. The number of rotatable bonds is 4. The number of guanidine groups is 1. The summed E-state index contributed by atoms with van der Waals surface area (Å²) >= 11 is 0. The molecule has 6 nitrogen and oxygen atoms in total. The number of likely N-dealkylation sites (N-methyl/N-ethyl adjacent to an activating group) is 1. The number of hydrogen-bond acceptors (Lipinski definition) is 3. The molecular weight excluding hydrogens is 254 g/mol. The summed E-state index contributed by atoms with van der Waals surface area (Å²) in [5.74, 6) is 1.38. The van der Waals surface area contributed by atoms with E-state index < -0.39 is 0 Å². The first-order valence-corrected chi connectivity index (χ1v) is 7.42. The molecule has 2 unspecified atom stereocenters. The van der Waals surface area contributed by atoms with Crippen LogP contribution in [0.5, 0.6) is 0 Å². The highest BCUT2D eigenvalue weighted by Crippen LogP contribution is 2.31. The molecule has 1 heterocycles. The van der Waals surface area contributed by atoms with E-state index in [-0.39, 0.29) is 12.5 Å². The number of hydrogen-bond donors (Lipinski definition) is 2. The van der Waals surface area contributed by atoms with Crippen molar-refractivity contribution in [1.29, 1.82) is 0 Å². The second kappa shape index (κ2) is 6.43. The van der Waals surface area contributed by atoms with Gasteiger partial charge in [0, 0.05) is 46.3 Å². The molecule has 0 radical (unpaired) electrons. The Labute approximate surface area is 121 Å². The van der Waals surface area contributed by atoms with E-state index in [2.05, 4.69) is 27.4 Å². The molecule has 2 rings (SSSR count). The fourth-order valence-electron chi connectivity index (χ4n) is 2.62. The first kappa shape index (κ1) is 15.1. The molecule has 2 aliphatic rings. The third-order valence-corrected chi connectivity index (χ3v) is 4.16. The highest BCUT2D eigenvalue weighted by molar-refractivity contribution is 5.86. The number of amides is 1. The van der Waals surface area contributed by atoms with Gasteiger partial charge in [-0.05, 0) is 18.8 Å². The van der Waals surface area contributed by atoms with Crippen LogP contribution in [0.25, 0.3) is 0 Å². The Balaban J connectivity index is 1.79. The zero-order valence-corrected chi connectivity index (χ0v) is 13.0. The van der Waals surface area contributed by atoms with E-state index in [0.29, 0.717) is 12.0 Å². The Hall–Kier alpha value is -1.30. The molecule has 0 aromatic carbocycles. The van der Waals surface area contributed by atoms with Gasteiger partial charge >= 0.3 is 0 Å². The summed E-state index contributed by atoms with van der Waals surface area (Å²) in [6.45, 7) is 4.79. The quantitative estimate of drug-likeness (QED) is 0.550. The first-order chi connectivity index (χ1) is 9.51. The monoisotopic (exact) mass is 281 g/mol. The number of aliphatic imine (C=N–C) groups is 1. The Morgan fingerprint density at radius 2 is 2.05 bits per heavy atom. The number of nitrogens with zero attached hydrogens (tertiary/aromatic N) is 3. The molecule has 114 valence electrons. The van der Waals surface area contributed by atoms with E-state index in [0.717, 1.165) is 25.1 Å². The maximum atomic E-state index is 11.6. The molecule has 1 aliphatic carbocycles. The first-order valence-electron chi connectivity index (χ1n) is 7.42. The minimum absolute atomic E-state index is 0.0482. The van der Waals surface area contributed by atoms with Gasteiger partial charge in [0.05, 0.1) is 6.54 Å². The van der Waals surface area contributed by atoms with Gasteiger partial charge in [-0.25, -0.2) is 0 Å². The molecule has 0 spiro atoms. The maximum absolute atomic E-state index is 11.6. The second-order valence-electron chi connectivity index (χ2n) is 6.13. The molecule has 0 aromatic heterocycles. The van der Waals surface area contributed by atoms with E-state index in [1.54, 1.807) is 26.0 Å². The molecule has 2 atom stereocenters. The summed E-state index contributed by atoms with van der Waals surface area (Å²) in [7, 11) is 5.26. The average Bonchev–Trinajstić information content (AvgIpc) is 3.19. The minimum Gasteiger partial charge on any atom is -0.352 e. The molecule has 0 bridgehead atoms. The summed E-state index contributed by atoms with van der Waals surface area (Å²) < 4.78 is 0. The predicted molar refractivity (Wildman–Crippen MR) is 80.7 cm³/mol. The van der Waals surface area contributed by atoms with Gasteiger partial charge in [-0.2, -0.15) is 0 Å². The normalized spacial score (nSPS) is 27.5. The third-order valence-electron chi connectivity index (χ3n) is 4.16. The maximum Gasteiger partial charge on any atom is 0.241 e. The van der Waals surface area contributed by atoms with Crippen molar-refractivity contribution in [2.75, 3.05) is 40.8 Å². The van der Waals surface area contributed by atoms with Gasteiger partial charge < -0.3 is 15.5 Å². The molecule has 0 aromatic rings. The zero-order chi connectivity index (χ0) is 14.7. The molecular formula is C14H27N5O. The zero-order valence-electron chi connectivity index (χ0n) is 13.0. The summed E-state index contributed by atoms with van der Waals surface area (Å²) in [6.07, 6.45) is 2.70. The van der Waals surface area contributed by atoms with Crippen LogP contribution in [0.15, 0.2) is 4.99 Å². The van der Waals surface area contributed by atoms with Crippen LogP contribution in [0.3, 0.4) is 0 Å². The lowest BCUT2D eigenvalue weighted by Crippen LogP contribution is -2.48. The van der Waals surface area contributed by atoms with Crippen molar-refractivity contribution >= 4 is 11.9 Å². The van der Waals surface area contributed by atoms with Crippen molar-refractivity contribution in [3.8, 4) is 0 Å². The Morgan fingerprint density at radius 1 is 1.35 bits per heavy atom. The van der Waals surface area contributed by atoms with E-state index >= 15 is 0 Å². The van der Waals surface area contributed by atoms with Crippen LogP contribution in [0.4, 0.5) is 0 Å². The molecule has 1 saturated heterocycles. The fraction of sp³-hybridized carbons (Fsp3) is 0.857. The van der Waals surface area contributed by atoms with Crippen molar-refractivity contribution in [2.45, 2.75) is 31.8 Å². The lowest BCUT2D eigenvalue weighted by Gasteiger charge is -2.21. The molecule has 2 N–H and O–H groups in total. The number of carbonyl (C=O) groups is 1. The van der Waals surface area contributed by atoms with Gasteiger partial charge in [0.2, 0.25) is 5.91 Å². The highest BCUT2D eigenvalue weighted by Gasteiger charge is 2.38. The van der Waals surface area contributed by atoms with Crippen LogP contribution < -0.4 is 10.6 Å². The Bertz CT molecular complexity index is 378. The number of carbonyl (C=O) groups excluding carboxylic acids is 1. The van der Waals surface area contributed by atoms with Crippen molar-refractivity contribution < 1.29 is 4.79 Å². The van der Waals surface area contributed by atoms with Gasteiger partial charge in [0.15, 0.2) is 5.96 Å². The Kier molecular flexibility index (Phi) is 4.86. The van der Waals surface area contributed by atoms with E-state index in [1.165, 1.54) is 12.8 Å². The summed E-state index contributed by atoms with van der Waals surface area (Å²) in [4.78, 5) is 19.9. The van der Waals surface area contributed by atoms with Crippen molar-refractivity contribution in [3.63, 3.8) is 0 Å². The summed E-state index contributed by atoms with van der Waals surface area (Å²) in [6, 6.07) is 1.23. The second-order valence-corrected chi connectivity index (χ2v) is 6.13. The minimum atomic E-state index is 0.0482. The van der Waals surface area contributed by atoms with E-state index in [9.17, 15) is 4.79 Å². The van der Waals surface area contributed by atoms with Crippen molar-refractivity contribution in [1.82, 2.24) is 20.4 Å². The topological polar surface area (TPSA) is 60.0 Å². The van der Waals surface area contributed by atoms with Crippen LogP contribution in [-0.2, 0) is 4.79 Å². The number of likely N-dealkylation sites (tertiary alicyclic amines) is 1. The van der Waals surface area contributed by atoms with Crippen molar-refractivity contribution in [2.24, 2.45) is 10.9 Å². The van der Waals surface area contributed by atoms with E-state index in [4.69, 9.17) is 0 Å². The summed E-state index contributed by atoms with van der Waals surface area (Å²) in [5.41, 5.74) is 0. The standard InChI is InChI=1S/C14H27N5O/c1-10-8-19(11-5-6-11)9-12(10)17-14(15-2)16-7-13(20)18(3)4/h10-12H,5-9H2,1-4H3,(H2,15,16,17). The largest absolute Gasteiger partial charge is 0.352 e. The molecule has 1 saturated carbocycles. The lowest BCUT2D eigenvalue weighted by molar-refractivity contribution is -0.127. The molecule has 6 heteroatoms. The van der Waals surface area contributed by atoms with Gasteiger partial charge in [0.1, 0.15) is 0 Å². The highest BCUT2D eigenvalue weighted by atomic mass is 16.2. The van der Waals surface area contributed by atoms with Crippen LogP contribution in [0, 0.1) is 5.92 Å². The van der Waals surface area contributed by atoms with Crippen LogP contribution >= 0.6 is 0 Å². The fourth-order valence-corrected chi connectivity index (χ4v) is 2.62. The van der Waals surface area contributed by atoms with Crippen molar-refractivity contribution in [3.05, 3.63) is 0 Å².